The molecule has 1 aromatic carbocycles. The van der Waals surface area contributed by atoms with Gasteiger partial charge in [-0.1, -0.05) is 36.9 Å². The van der Waals surface area contributed by atoms with Crippen LogP contribution in [-0.4, -0.2) is 17.9 Å². The first-order valence-electron chi connectivity index (χ1n) is 3.55. The van der Waals surface area contributed by atoms with Crippen LogP contribution in [0.4, 0.5) is 0 Å². The third kappa shape index (κ3) is 3.12. The van der Waals surface area contributed by atoms with Crippen molar-refractivity contribution in [2.45, 2.75) is 0 Å². The van der Waals surface area contributed by atoms with Crippen LogP contribution in [0.15, 0.2) is 43.0 Å². The van der Waals surface area contributed by atoms with Crippen molar-refractivity contribution >= 4 is 5.71 Å². The van der Waals surface area contributed by atoms with Crippen LogP contribution in [0.25, 0.3) is 0 Å². The third-order valence-corrected chi connectivity index (χ3v) is 1.29. The molecule has 0 heterocycles. The van der Waals surface area contributed by atoms with Crippen LogP contribution in [-0.2, 0) is 0 Å². The van der Waals surface area contributed by atoms with Gasteiger partial charge in [0.05, 0.1) is 5.71 Å². The molecule has 2 nitrogen and oxygen atoms in total. The fourth-order valence-electron chi connectivity index (χ4n) is 0.736. The van der Waals surface area contributed by atoms with Crippen molar-refractivity contribution in [3.05, 3.63) is 48.6 Å². The summed E-state index contributed by atoms with van der Waals surface area (Å²) < 4.78 is 0. The van der Waals surface area contributed by atoms with Crippen molar-refractivity contribution in [1.29, 1.82) is 5.41 Å². The molecular weight excluding hydrogens is 150 g/mol. The summed E-state index contributed by atoms with van der Waals surface area (Å²) in [5, 5.41) is 14.4. The summed E-state index contributed by atoms with van der Waals surface area (Å²) in [4.78, 5) is 0. The van der Waals surface area contributed by atoms with Crippen LogP contribution in [0.5, 0.6) is 0 Å². The van der Waals surface area contributed by atoms with Crippen molar-refractivity contribution in [2.24, 2.45) is 0 Å². The first kappa shape index (κ1) is 10.6. The minimum Gasteiger partial charge on any atom is -0.400 e. The summed E-state index contributed by atoms with van der Waals surface area (Å²) in [7, 11) is 1.00. The monoisotopic (exact) mass is 163 g/mol. The Morgan fingerprint density at radius 2 is 1.83 bits per heavy atom. The normalized spacial score (nSPS) is 7.83. The Morgan fingerprint density at radius 3 is 2.25 bits per heavy atom. The number of benzene rings is 1. The van der Waals surface area contributed by atoms with E-state index in [0.29, 0.717) is 5.71 Å². The first-order valence-corrected chi connectivity index (χ1v) is 3.55. The number of aliphatic hydroxyl groups excluding tert-OH is 1. The minimum atomic E-state index is 0.473. The molecule has 0 aliphatic heterocycles. The van der Waals surface area contributed by atoms with Gasteiger partial charge >= 0.3 is 0 Å². The predicted octanol–water partition coefficient (Wildman–Crippen LogP) is 1.85. The van der Waals surface area contributed by atoms with Crippen molar-refractivity contribution in [3.63, 3.8) is 0 Å². The summed E-state index contributed by atoms with van der Waals surface area (Å²) in [6, 6.07) is 9.54. The molecule has 64 valence electrons. The fourth-order valence-corrected chi connectivity index (χ4v) is 0.736. The lowest BCUT2D eigenvalue weighted by atomic mass is 10.1. The molecule has 0 radical (unpaired) electrons. The largest absolute Gasteiger partial charge is 0.400 e. The summed E-state index contributed by atoms with van der Waals surface area (Å²) in [6.45, 7) is 3.51. The standard InChI is InChI=1S/C9H9N.CH4O/c1-2-9(10)8-6-4-3-5-7-8;1-2/h2-7,10H,1H2;2H,1H3. The van der Waals surface area contributed by atoms with Crippen molar-refractivity contribution in [1.82, 2.24) is 0 Å². The van der Waals surface area contributed by atoms with E-state index in [1.165, 1.54) is 6.08 Å². The second-order valence-corrected chi connectivity index (χ2v) is 1.98. The highest BCUT2D eigenvalue weighted by Gasteiger charge is 1.91. The third-order valence-electron chi connectivity index (χ3n) is 1.29. The zero-order valence-electron chi connectivity index (χ0n) is 7.12. The van der Waals surface area contributed by atoms with E-state index in [2.05, 4.69) is 6.58 Å². The topological polar surface area (TPSA) is 44.1 Å². The van der Waals surface area contributed by atoms with E-state index in [-0.39, 0.29) is 0 Å². The molecule has 12 heavy (non-hydrogen) atoms. The van der Waals surface area contributed by atoms with E-state index in [4.69, 9.17) is 10.5 Å². The summed E-state index contributed by atoms with van der Waals surface area (Å²) in [5.41, 5.74) is 1.39. The maximum atomic E-state index is 7.36. The van der Waals surface area contributed by atoms with E-state index in [0.717, 1.165) is 12.7 Å². The van der Waals surface area contributed by atoms with Gasteiger partial charge in [0.15, 0.2) is 0 Å². The zero-order valence-corrected chi connectivity index (χ0v) is 7.12. The smallest absolute Gasteiger partial charge is 0.0606 e. The van der Waals surface area contributed by atoms with Crippen molar-refractivity contribution in [3.8, 4) is 0 Å². The van der Waals surface area contributed by atoms with Crippen LogP contribution in [0.2, 0.25) is 0 Å². The Bertz CT molecular complexity index is 241. The van der Waals surface area contributed by atoms with Crippen molar-refractivity contribution in [2.75, 3.05) is 7.11 Å². The average Bonchev–Trinajstić information content (AvgIpc) is 2.21. The van der Waals surface area contributed by atoms with Gasteiger partial charge in [0.2, 0.25) is 0 Å². The van der Waals surface area contributed by atoms with Gasteiger partial charge in [0.25, 0.3) is 0 Å². The summed E-state index contributed by atoms with van der Waals surface area (Å²) in [6.07, 6.45) is 1.54. The van der Waals surface area contributed by atoms with Gasteiger partial charge in [-0.2, -0.15) is 0 Å². The number of allylic oxidation sites excluding steroid dienone is 1. The van der Waals surface area contributed by atoms with Crippen LogP contribution < -0.4 is 0 Å². The van der Waals surface area contributed by atoms with Crippen LogP contribution in [0.3, 0.4) is 0 Å². The highest BCUT2D eigenvalue weighted by molar-refractivity contribution is 6.06. The van der Waals surface area contributed by atoms with Gasteiger partial charge < -0.3 is 10.5 Å². The molecule has 0 aliphatic carbocycles. The van der Waals surface area contributed by atoms with E-state index in [1.807, 2.05) is 30.3 Å². The van der Waals surface area contributed by atoms with E-state index in [9.17, 15) is 0 Å². The lowest BCUT2D eigenvalue weighted by molar-refractivity contribution is 0.399. The average molecular weight is 163 g/mol. The van der Waals surface area contributed by atoms with Crippen LogP contribution >= 0.6 is 0 Å². The molecule has 0 unspecified atom stereocenters. The number of rotatable bonds is 2. The van der Waals surface area contributed by atoms with Gasteiger partial charge in [-0.15, -0.1) is 0 Å². The molecule has 0 amide bonds. The van der Waals surface area contributed by atoms with E-state index in [1.54, 1.807) is 0 Å². The highest BCUT2D eigenvalue weighted by atomic mass is 16.2. The lowest BCUT2D eigenvalue weighted by Crippen LogP contribution is -1.91. The number of nitrogens with one attached hydrogen (secondary N) is 1. The zero-order chi connectivity index (χ0) is 9.40. The predicted molar refractivity (Wildman–Crippen MR) is 51.6 cm³/mol. The maximum Gasteiger partial charge on any atom is 0.0606 e. The molecular formula is C10H13NO. The molecule has 0 atom stereocenters. The number of aliphatic hydroxyl groups is 1. The maximum absolute atomic E-state index is 7.36. The molecule has 0 aromatic heterocycles. The molecule has 1 aromatic rings. The first-order chi connectivity index (χ1) is 5.84. The Kier molecular flexibility index (Phi) is 5.57. The van der Waals surface area contributed by atoms with Crippen LogP contribution in [0.1, 0.15) is 5.56 Å². The molecule has 2 N–H and O–H groups in total. The van der Waals surface area contributed by atoms with E-state index < -0.39 is 0 Å². The van der Waals surface area contributed by atoms with Crippen molar-refractivity contribution < 1.29 is 5.11 Å². The Hall–Kier alpha value is -1.41. The lowest BCUT2D eigenvalue weighted by Gasteiger charge is -1.94. The molecule has 0 aliphatic rings. The Balaban J connectivity index is 0.000000561. The van der Waals surface area contributed by atoms with Gasteiger partial charge in [-0.05, 0) is 11.6 Å². The molecule has 2 heteroatoms. The molecule has 0 fully saturated rings. The highest BCUT2D eigenvalue weighted by Crippen LogP contribution is 1.98. The second kappa shape index (κ2) is 6.31. The van der Waals surface area contributed by atoms with Gasteiger partial charge in [0, 0.05) is 7.11 Å². The summed E-state index contributed by atoms with van der Waals surface area (Å²) in [5.74, 6) is 0. The second-order valence-electron chi connectivity index (χ2n) is 1.98. The fraction of sp³-hybridized carbons (Fsp3) is 0.100. The van der Waals surface area contributed by atoms with Crippen LogP contribution in [0, 0.1) is 5.41 Å². The molecule has 0 spiro atoms. The minimum absolute atomic E-state index is 0.473. The van der Waals surface area contributed by atoms with Gasteiger partial charge in [0.1, 0.15) is 0 Å². The quantitative estimate of drug-likeness (QED) is 0.642. The molecule has 0 saturated heterocycles. The molecule has 0 saturated carbocycles. The Labute approximate surface area is 72.7 Å². The molecule has 0 bridgehead atoms. The van der Waals surface area contributed by atoms with Gasteiger partial charge in [-0.25, -0.2) is 0 Å². The number of hydrogen-bond acceptors (Lipinski definition) is 2. The number of hydrogen-bond donors (Lipinski definition) is 2. The SMILES string of the molecule is C=CC(=N)c1ccccc1.CO. The summed E-state index contributed by atoms with van der Waals surface area (Å²) >= 11 is 0. The molecule has 1 rings (SSSR count). The van der Waals surface area contributed by atoms with Gasteiger partial charge in [-0.3, -0.25) is 0 Å². The van der Waals surface area contributed by atoms with E-state index >= 15 is 0 Å². The Morgan fingerprint density at radius 1 is 1.33 bits per heavy atom.